The minimum absolute atomic E-state index is 0. The number of furan rings is 1. The molecule has 0 radical (unpaired) electrons. The molecule has 28 heavy (non-hydrogen) atoms. The quantitative estimate of drug-likeness (QED) is 0.798. The molecule has 1 saturated heterocycles. The van der Waals surface area contributed by atoms with Crippen molar-refractivity contribution in [1.29, 1.82) is 0 Å². The van der Waals surface area contributed by atoms with E-state index in [0.717, 1.165) is 16.5 Å². The van der Waals surface area contributed by atoms with Crippen LogP contribution < -0.4 is 10.6 Å². The summed E-state index contributed by atoms with van der Waals surface area (Å²) in [6.45, 7) is 6.63. The van der Waals surface area contributed by atoms with Crippen molar-refractivity contribution >= 4 is 29.3 Å². The molecule has 1 aliphatic rings. The van der Waals surface area contributed by atoms with Gasteiger partial charge in [-0.05, 0) is 31.9 Å². The van der Waals surface area contributed by atoms with Crippen molar-refractivity contribution < 1.29 is 22.4 Å². The Balaban J connectivity index is 0.00000280. The number of alkyl halides is 3. The zero-order chi connectivity index (χ0) is 19.8. The van der Waals surface area contributed by atoms with E-state index in [0.29, 0.717) is 37.3 Å². The van der Waals surface area contributed by atoms with E-state index in [9.17, 15) is 18.0 Å². The molecule has 3 rings (SSSR count). The van der Waals surface area contributed by atoms with Crippen molar-refractivity contribution in [1.82, 2.24) is 15.5 Å². The zero-order valence-electron chi connectivity index (χ0n) is 16.1. The van der Waals surface area contributed by atoms with Gasteiger partial charge in [-0.2, -0.15) is 13.2 Å². The molecule has 2 aromatic rings. The van der Waals surface area contributed by atoms with Gasteiger partial charge in [0.05, 0.1) is 0 Å². The summed E-state index contributed by atoms with van der Waals surface area (Å²) >= 11 is 0. The molecule has 1 fully saturated rings. The number of rotatable bonds is 4. The number of hydrogen-bond acceptors (Lipinski definition) is 4. The summed E-state index contributed by atoms with van der Waals surface area (Å²) in [5.41, 5.74) is 3.10. The molecule has 0 bridgehead atoms. The average Bonchev–Trinajstić information content (AvgIpc) is 2.97. The Kier molecular flexibility index (Phi) is 7.01. The second kappa shape index (κ2) is 8.71. The summed E-state index contributed by atoms with van der Waals surface area (Å²) in [6.07, 6.45) is -4.42. The predicted octanol–water partition coefficient (Wildman–Crippen LogP) is 3.35. The standard InChI is InChI=1S/C19H24F3N3O2.ClH/c1-11-4-5-12(2)16-15(11)13(3)17(27-16)18(26)24-10-14(19(20,21)22)25-8-6-23-7-9-25;/h4-5,14,23H,6-10H2,1-3H3,(H,24,26);1H. The Morgan fingerprint density at radius 2 is 1.82 bits per heavy atom. The number of fused-ring (bicyclic) bond motifs is 1. The van der Waals surface area contributed by atoms with E-state index in [1.165, 1.54) is 4.90 Å². The number of nitrogens with zero attached hydrogens (tertiary/aromatic N) is 1. The van der Waals surface area contributed by atoms with Gasteiger partial charge in [0.1, 0.15) is 11.6 Å². The Morgan fingerprint density at radius 3 is 2.39 bits per heavy atom. The van der Waals surface area contributed by atoms with Crippen molar-refractivity contribution in [3.63, 3.8) is 0 Å². The molecular formula is C19H25ClF3N3O2. The monoisotopic (exact) mass is 419 g/mol. The summed E-state index contributed by atoms with van der Waals surface area (Å²) in [5, 5.41) is 6.30. The Labute approximate surface area is 168 Å². The van der Waals surface area contributed by atoms with E-state index in [2.05, 4.69) is 10.6 Å². The van der Waals surface area contributed by atoms with Crippen LogP contribution in [0.15, 0.2) is 16.5 Å². The van der Waals surface area contributed by atoms with Crippen LogP contribution in [0.2, 0.25) is 0 Å². The van der Waals surface area contributed by atoms with E-state index in [1.807, 2.05) is 26.0 Å². The first-order valence-corrected chi connectivity index (χ1v) is 8.99. The van der Waals surface area contributed by atoms with Crippen LogP contribution in [0, 0.1) is 20.8 Å². The van der Waals surface area contributed by atoms with Gasteiger partial charge in [0.15, 0.2) is 5.76 Å². The molecule has 1 atom stereocenters. The smallest absolute Gasteiger partial charge is 0.405 e. The highest BCUT2D eigenvalue weighted by Gasteiger charge is 2.44. The van der Waals surface area contributed by atoms with Crippen LogP contribution in [-0.4, -0.2) is 55.7 Å². The lowest BCUT2D eigenvalue weighted by atomic mass is 10.0. The maximum Gasteiger partial charge on any atom is 0.405 e. The van der Waals surface area contributed by atoms with Gasteiger partial charge >= 0.3 is 6.18 Å². The van der Waals surface area contributed by atoms with Crippen LogP contribution in [-0.2, 0) is 0 Å². The van der Waals surface area contributed by atoms with Crippen LogP contribution in [0.1, 0.15) is 27.2 Å². The van der Waals surface area contributed by atoms with E-state index >= 15 is 0 Å². The summed E-state index contributed by atoms with van der Waals surface area (Å²) in [6, 6.07) is 2.12. The molecular weight excluding hydrogens is 395 g/mol. The van der Waals surface area contributed by atoms with Crippen molar-refractivity contribution in [2.24, 2.45) is 0 Å². The fourth-order valence-electron chi connectivity index (χ4n) is 3.61. The molecule has 0 saturated carbocycles. The van der Waals surface area contributed by atoms with E-state index in [-0.39, 0.29) is 18.2 Å². The largest absolute Gasteiger partial charge is 0.450 e. The fourth-order valence-corrected chi connectivity index (χ4v) is 3.61. The first-order valence-electron chi connectivity index (χ1n) is 8.99. The van der Waals surface area contributed by atoms with Gasteiger partial charge in [0, 0.05) is 43.7 Å². The van der Waals surface area contributed by atoms with Gasteiger partial charge in [0.2, 0.25) is 0 Å². The maximum absolute atomic E-state index is 13.5. The third-order valence-electron chi connectivity index (χ3n) is 5.12. The third kappa shape index (κ3) is 4.45. The topological polar surface area (TPSA) is 57.5 Å². The molecule has 0 spiro atoms. The van der Waals surface area contributed by atoms with Crippen LogP contribution in [0.5, 0.6) is 0 Å². The highest BCUT2D eigenvalue weighted by Crippen LogP contribution is 2.31. The number of aryl methyl sites for hydroxylation is 3. The molecule has 5 nitrogen and oxygen atoms in total. The summed E-state index contributed by atoms with van der Waals surface area (Å²) in [5.74, 6) is -0.546. The van der Waals surface area contributed by atoms with Gasteiger partial charge in [-0.25, -0.2) is 0 Å². The molecule has 1 unspecified atom stereocenters. The van der Waals surface area contributed by atoms with E-state index < -0.39 is 24.7 Å². The van der Waals surface area contributed by atoms with Crippen molar-refractivity contribution in [2.45, 2.75) is 33.0 Å². The first kappa shape index (κ1) is 22.5. The van der Waals surface area contributed by atoms with E-state index in [1.54, 1.807) is 6.92 Å². The first-order chi connectivity index (χ1) is 12.7. The molecule has 2 N–H and O–H groups in total. The van der Waals surface area contributed by atoms with Gasteiger partial charge in [-0.1, -0.05) is 12.1 Å². The SMILES string of the molecule is Cc1ccc(C)c2c(C)c(C(=O)NCC(N3CCNCC3)C(F)(F)F)oc12.Cl. The lowest BCUT2D eigenvalue weighted by Crippen LogP contribution is -2.57. The molecule has 0 aliphatic carbocycles. The van der Waals surface area contributed by atoms with Gasteiger partial charge < -0.3 is 15.1 Å². The lowest BCUT2D eigenvalue weighted by Gasteiger charge is -2.35. The lowest BCUT2D eigenvalue weighted by molar-refractivity contribution is -0.183. The highest BCUT2D eigenvalue weighted by molar-refractivity contribution is 6.00. The average molecular weight is 420 g/mol. The van der Waals surface area contributed by atoms with Crippen LogP contribution in [0.25, 0.3) is 11.0 Å². The van der Waals surface area contributed by atoms with E-state index in [4.69, 9.17) is 4.42 Å². The molecule has 2 heterocycles. The number of halogens is 4. The van der Waals surface area contributed by atoms with Gasteiger partial charge in [0.25, 0.3) is 5.91 Å². The maximum atomic E-state index is 13.5. The number of nitrogens with one attached hydrogen (secondary N) is 2. The predicted molar refractivity (Wildman–Crippen MR) is 104 cm³/mol. The number of amides is 1. The number of hydrogen-bond donors (Lipinski definition) is 2. The molecule has 1 aromatic heterocycles. The minimum Gasteiger partial charge on any atom is -0.450 e. The highest BCUT2D eigenvalue weighted by atomic mass is 35.5. The number of piperazine rings is 1. The van der Waals surface area contributed by atoms with Gasteiger partial charge in [-0.15, -0.1) is 12.4 Å². The zero-order valence-corrected chi connectivity index (χ0v) is 16.9. The number of benzene rings is 1. The molecule has 9 heteroatoms. The summed E-state index contributed by atoms with van der Waals surface area (Å²) in [7, 11) is 0. The second-order valence-electron chi connectivity index (χ2n) is 7.01. The van der Waals surface area contributed by atoms with Gasteiger partial charge in [-0.3, -0.25) is 9.69 Å². The van der Waals surface area contributed by atoms with Crippen LogP contribution >= 0.6 is 12.4 Å². The Morgan fingerprint density at radius 1 is 1.21 bits per heavy atom. The minimum atomic E-state index is -4.42. The summed E-state index contributed by atoms with van der Waals surface area (Å²) in [4.78, 5) is 13.9. The normalized spacial score (nSPS) is 16.6. The summed E-state index contributed by atoms with van der Waals surface area (Å²) < 4.78 is 46.1. The van der Waals surface area contributed by atoms with Crippen LogP contribution in [0.4, 0.5) is 13.2 Å². The van der Waals surface area contributed by atoms with Crippen molar-refractivity contribution in [3.8, 4) is 0 Å². The molecule has 1 amide bonds. The Bertz CT molecular complexity index is 845. The second-order valence-corrected chi connectivity index (χ2v) is 7.01. The molecule has 1 aliphatic heterocycles. The Hall–Kier alpha value is -1.77. The molecule has 156 valence electrons. The number of carbonyl (C=O) groups excluding carboxylic acids is 1. The molecule has 1 aromatic carbocycles. The van der Waals surface area contributed by atoms with Crippen molar-refractivity contribution in [2.75, 3.05) is 32.7 Å². The van der Waals surface area contributed by atoms with Crippen molar-refractivity contribution in [3.05, 3.63) is 34.6 Å². The fraction of sp³-hybridized carbons (Fsp3) is 0.526. The van der Waals surface area contributed by atoms with Crippen LogP contribution in [0.3, 0.4) is 0 Å². The number of carbonyl (C=O) groups is 1. The third-order valence-corrected chi connectivity index (χ3v) is 5.12.